The van der Waals surface area contributed by atoms with Gasteiger partial charge in [0.25, 0.3) is 5.91 Å². The molecule has 1 aromatic carbocycles. The second-order valence-corrected chi connectivity index (χ2v) is 4.99. The van der Waals surface area contributed by atoms with Gasteiger partial charge in [0.1, 0.15) is 17.4 Å². The number of carbonyl (C=O) groups excluding carboxylic acids is 1. The summed E-state index contributed by atoms with van der Waals surface area (Å²) in [6.45, 7) is 5.29. The van der Waals surface area contributed by atoms with Gasteiger partial charge in [0.15, 0.2) is 0 Å². The Morgan fingerprint density at radius 3 is 2.55 bits per heavy atom. The second kappa shape index (κ2) is 10.4. The van der Waals surface area contributed by atoms with Gasteiger partial charge in [-0.25, -0.2) is 0 Å². The van der Waals surface area contributed by atoms with Crippen molar-refractivity contribution in [3.8, 4) is 11.8 Å². The Morgan fingerprint density at radius 2 is 1.95 bits per heavy atom. The summed E-state index contributed by atoms with van der Waals surface area (Å²) in [6.07, 6.45) is 5.97. The molecule has 1 N–H and O–H groups in total. The third-order valence-corrected chi connectivity index (χ3v) is 3.18. The number of unbranched alkanes of at least 4 members (excludes halogenated alkanes) is 3. The summed E-state index contributed by atoms with van der Waals surface area (Å²) in [6, 6.07) is 9.27. The number of hydrogen-bond donors (Lipinski definition) is 1. The third-order valence-electron chi connectivity index (χ3n) is 3.18. The van der Waals surface area contributed by atoms with Crippen LogP contribution in [0, 0.1) is 11.3 Å². The molecule has 0 spiro atoms. The summed E-state index contributed by atoms with van der Waals surface area (Å²) in [7, 11) is 0. The summed E-state index contributed by atoms with van der Waals surface area (Å²) >= 11 is 0. The normalized spacial score (nSPS) is 10.9. The number of nitriles is 1. The molecule has 0 atom stereocenters. The molecule has 0 radical (unpaired) electrons. The molecule has 1 amide bonds. The molecule has 0 heterocycles. The maximum atomic E-state index is 12.0. The number of ether oxygens (including phenoxy) is 1. The van der Waals surface area contributed by atoms with Crippen LogP contribution >= 0.6 is 0 Å². The molecule has 0 aromatic heterocycles. The number of nitrogens with zero attached hydrogens (tertiary/aromatic N) is 1. The molecule has 0 bridgehead atoms. The van der Waals surface area contributed by atoms with E-state index in [-0.39, 0.29) is 11.5 Å². The Bertz CT molecular complexity index is 527. The topological polar surface area (TPSA) is 62.1 Å². The van der Waals surface area contributed by atoms with Crippen LogP contribution in [0.5, 0.6) is 5.75 Å². The molecule has 118 valence electrons. The zero-order valence-electron chi connectivity index (χ0n) is 13.4. The van der Waals surface area contributed by atoms with Crippen LogP contribution in [0.15, 0.2) is 29.8 Å². The van der Waals surface area contributed by atoms with Crippen molar-refractivity contribution in [1.82, 2.24) is 5.32 Å². The summed E-state index contributed by atoms with van der Waals surface area (Å²) in [5.41, 5.74) is 0.931. The van der Waals surface area contributed by atoms with Gasteiger partial charge in [-0.1, -0.05) is 38.3 Å². The fraction of sp³-hybridized carbons (Fsp3) is 0.444. The minimum absolute atomic E-state index is 0.125. The van der Waals surface area contributed by atoms with Gasteiger partial charge in [0, 0.05) is 6.54 Å². The van der Waals surface area contributed by atoms with E-state index in [1.165, 1.54) is 6.42 Å². The highest BCUT2D eigenvalue weighted by molar-refractivity contribution is 6.01. The lowest BCUT2D eigenvalue weighted by atomic mass is 10.1. The van der Waals surface area contributed by atoms with Crippen LogP contribution < -0.4 is 10.1 Å². The van der Waals surface area contributed by atoms with E-state index in [0.717, 1.165) is 30.6 Å². The lowest BCUT2D eigenvalue weighted by Gasteiger charge is -2.05. The first-order valence-corrected chi connectivity index (χ1v) is 7.84. The van der Waals surface area contributed by atoms with Crippen molar-refractivity contribution in [2.75, 3.05) is 13.2 Å². The Balaban J connectivity index is 2.58. The van der Waals surface area contributed by atoms with Crippen molar-refractivity contribution in [2.24, 2.45) is 0 Å². The van der Waals surface area contributed by atoms with Crippen LogP contribution in [0.2, 0.25) is 0 Å². The Kier molecular flexibility index (Phi) is 8.44. The molecule has 1 rings (SSSR count). The van der Waals surface area contributed by atoms with Gasteiger partial charge in [-0.2, -0.15) is 5.26 Å². The van der Waals surface area contributed by atoms with E-state index >= 15 is 0 Å². The Morgan fingerprint density at radius 1 is 1.23 bits per heavy atom. The van der Waals surface area contributed by atoms with Crippen molar-refractivity contribution in [3.63, 3.8) is 0 Å². The molecule has 1 aromatic rings. The largest absolute Gasteiger partial charge is 0.494 e. The number of carbonyl (C=O) groups is 1. The SMILES string of the molecule is CCCCCCNC(=O)/C(C#N)=C/c1ccc(OCC)cc1. The first kappa shape index (κ1) is 17.8. The van der Waals surface area contributed by atoms with Crippen LogP contribution in [0.25, 0.3) is 6.08 Å². The highest BCUT2D eigenvalue weighted by Gasteiger charge is 2.08. The molecule has 0 unspecified atom stereocenters. The van der Waals surface area contributed by atoms with Crippen LogP contribution in [-0.2, 0) is 4.79 Å². The number of amides is 1. The van der Waals surface area contributed by atoms with Crippen LogP contribution in [-0.4, -0.2) is 19.1 Å². The fourth-order valence-electron chi connectivity index (χ4n) is 1.99. The van der Waals surface area contributed by atoms with Crippen molar-refractivity contribution in [1.29, 1.82) is 5.26 Å². The van der Waals surface area contributed by atoms with Crippen molar-refractivity contribution >= 4 is 12.0 Å². The average molecular weight is 300 g/mol. The molecule has 0 aliphatic heterocycles. The molecule has 4 nitrogen and oxygen atoms in total. The Labute approximate surface area is 132 Å². The lowest BCUT2D eigenvalue weighted by Crippen LogP contribution is -2.25. The van der Waals surface area contributed by atoms with Crippen LogP contribution in [0.3, 0.4) is 0 Å². The van der Waals surface area contributed by atoms with Gasteiger partial charge in [-0.15, -0.1) is 0 Å². The number of rotatable bonds is 9. The third kappa shape index (κ3) is 6.45. The summed E-state index contributed by atoms with van der Waals surface area (Å²) in [4.78, 5) is 12.0. The van der Waals surface area contributed by atoms with Crippen molar-refractivity contribution < 1.29 is 9.53 Å². The predicted molar refractivity (Wildman–Crippen MR) is 88.4 cm³/mol. The summed E-state index contributed by atoms with van der Waals surface area (Å²) in [5, 5.41) is 11.9. The van der Waals surface area contributed by atoms with E-state index in [0.29, 0.717) is 13.2 Å². The standard InChI is InChI=1S/C18H24N2O2/c1-3-5-6-7-12-20-18(21)16(14-19)13-15-8-10-17(11-9-15)22-4-2/h8-11,13H,3-7,12H2,1-2H3,(H,20,21)/b16-13+. The van der Waals surface area contributed by atoms with E-state index in [4.69, 9.17) is 10.00 Å². The van der Waals surface area contributed by atoms with E-state index in [1.54, 1.807) is 6.08 Å². The number of benzene rings is 1. The minimum atomic E-state index is -0.312. The summed E-state index contributed by atoms with van der Waals surface area (Å²) < 4.78 is 5.36. The average Bonchev–Trinajstić information content (AvgIpc) is 2.54. The molecule has 22 heavy (non-hydrogen) atoms. The maximum Gasteiger partial charge on any atom is 0.261 e. The van der Waals surface area contributed by atoms with Gasteiger partial charge in [0.05, 0.1) is 6.61 Å². The van der Waals surface area contributed by atoms with E-state index in [9.17, 15) is 4.79 Å². The highest BCUT2D eigenvalue weighted by atomic mass is 16.5. The van der Waals surface area contributed by atoms with Crippen LogP contribution in [0.4, 0.5) is 0 Å². The summed E-state index contributed by atoms with van der Waals surface area (Å²) in [5.74, 6) is 0.464. The molecule has 0 fully saturated rings. The molecule has 0 aliphatic rings. The van der Waals surface area contributed by atoms with E-state index in [1.807, 2.05) is 37.3 Å². The van der Waals surface area contributed by atoms with E-state index < -0.39 is 0 Å². The zero-order chi connectivity index (χ0) is 16.2. The Hall–Kier alpha value is -2.28. The smallest absolute Gasteiger partial charge is 0.261 e. The second-order valence-electron chi connectivity index (χ2n) is 4.99. The minimum Gasteiger partial charge on any atom is -0.494 e. The zero-order valence-corrected chi connectivity index (χ0v) is 13.4. The van der Waals surface area contributed by atoms with Gasteiger partial charge in [0.2, 0.25) is 0 Å². The van der Waals surface area contributed by atoms with Crippen LogP contribution in [0.1, 0.15) is 45.1 Å². The maximum absolute atomic E-state index is 12.0. The first-order chi connectivity index (χ1) is 10.7. The first-order valence-electron chi connectivity index (χ1n) is 7.84. The van der Waals surface area contributed by atoms with Crippen molar-refractivity contribution in [3.05, 3.63) is 35.4 Å². The van der Waals surface area contributed by atoms with Gasteiger partial charge < -0.3 is 10.1 Å². The number of nitrogens with one attached hydrogen (secondary N) is 1. The van der Waals surface area contributed by atoms with Gasteiger partial charge in [-0.05, 0) is 37.1 Å². The predicted octanol–water partition coefficient (Wildman–Crippen LogP) is 3.69. The monoisotopic (exact) mass is 300 g/mol. The molecular weight excluding hydrogens is 276 g/mol. The molecular formula is C18H24N2O2. The van der Waals surface area contributed by atoms with Crippen molar-refractivity contribution in [2.45, 2.75) is 39.5 Å². The molecule has 0 saturated heterocycles. The molecule has 0 aliphatic carbocycles. The molecule has 4 heteroatoms. The van der Waals surface area contributed by atoms with Gasteiger partial charge in [-0.3, -0.25) is 4.79 Å². The number of hydrogen-bond acceptors (Lipinski definition) is 3. The lowest BCUT2D eigenvalue weighted by molar-refractivity contribution is -0.117. The van der Waals surface area contributed by atoms with E-state index in [2.05, 4.69) is 12.2 Å². The molecule has 0 saturated carbocycles. The fourth-order valence-corrected chi connectivity index (χ4v) is 1.99. The highest BCUT2D eigenvalue weighted by Crippen LogP contribution is 2.14. The van der Waals surface area contributed by atoms with Gasteiger partial charge >= 0.3 is 0 Å². The quantitative estimate of drug-likeness (QED) is 0.430.